The van der Waals surface area contributed by atoms with Crippen molar-refractivity contribution in [1.82, 2.24) is 4.90 Å². The van der Waals surface area contributed by atoms with E-state index in [9.17, 15) is 13.6 Å². The number of likely N-dealkylation sites (N-methyl/N-ethyl adjacent to an activating group) is 1. The summed E-state index contributed by atoms with van der Waals surface area (Å²) in [5.74, 6) is -1.27. The van der Waals surface area contributed by atoms with E-state index in [1.807, 2.05) is 35.2 Å². The van der Waals surface area contributed by atoms with Gasteiger partial charge in [-0.15, -0.1) is 0 Å². The van der Waals surface area contributed by atoms with Crippen LogP contribution in [0.3, 0.4) is 0 Å². The lowest BCUT2D eigenvalue weighted by molar-refractivity contribution is -0.117. The van der Waals surface area contributed by atoms with Gasteiger partial charge in [-0.25, -0.2) is 8.78 Å². The highest BCUT2D eigenvalue weighted by Gasteiger charge is 2.22. The summed E-state index contributed by atoms with van der Waals surface area (Å²) in [4.78, 5) is 14.3. The number of nitrogens with zero attached hydrogens (tertiary/aromatic N) is 1. The minimum absolute atomic E-state index is 0.00287. The van der Waals surface area contributed by atoms with Crippen LogP contribution in [-0.2, 0) is 4.79 Å². The topological polar surface area (TPSA) is 32.3 Å². The summed E-state index contributed by atoms with van der Waals surface area (Å²) in [6.07, 6.45) is 0. The van der Waals surface area contributed by atoms with Crippen molar-refractivity contribution in [3.8, 4) is 0 Å². The molecule has 6 heteroatoms. The molecule has 0 saturated carbocycles. The molecule has 1 unspecified atom stereocenters. The number of hydrogen-bond donors (Lipinski definition) is 1. The molecule has 0 aliphatic rings. The predicted octanol–water partition coefficient (Wildman–Crippen LogP) is 5.28. The van der Waals surface area contributed by atoms with Crippen molar-refractivity contribution >= 4 is 23.2 Å². The first-order chi connectivity index (χ1) is 13.4. The van der Waals surface area contributed by atoms with Crippen LogP contribution >= 0.6 is 11.6 Å². The van der Waals surface area contributed by atoms with Gasteiger partial charge in [0.25, 0.3) is 0 Å². The van der Waals surface area contributed by atoms with E-state index in [1.165, 1.54) is 30.3 Å². The van der Waals surface area contributed by atoms with Gasteiger partial charge in [0.15, 0.2) is 0 Å². The van der Waals surface area contributed by atoms with Crippen molar-refractivity contribution in [2.45, 2.75) is 6.04 Å². The highest BCUT2D eigenvalue weighted by molar-refractivity contribution is 6.30. The molecule has 0 aliphatic heterocycles. The molecular formula is C22H19ClF2N2O. The van der Waals surface area contributed by atoms with E-state index in [0.717, 1.165) is 11.1 Å². The molecule has 3 aromatic carbocycles. The average molecular weight is 401 g/mol. The Morgan fingerprint density at radius 3 is 2.32 bits per heavy atom. The molecule has 3 rings (SSSR count). The number of halogens is 3. The number of benzene rings is 3. The molecular weight excluding hydrogens is 382 g/mol. The molecule has 3 nitrogen and oxygen atoms in total. The van der Waals surface area contributed by atoms with Gasteiger partial charge in [0.2, 0.25) is 5.91 Å². The third-order valence-electron chi connectivity index (χ3n) is 4.34. The Bertz CT molecular complexity index is 949. The first-order valence-electron chi connectivity index (χ1n) is 8.69. The van der Waals surface area contributed by atoms with E-state index < -0.39 is 5.82 Å². The van der Waals surface area contributed by atoms with Crippen LogP contribution in [0.1, 0.15) is 17.2 Å². The molecule has 0 aromatic heterocycles. The lowest BCUT2D eigenvalue weighted by Crippen LogP contribution is -2.34. The maximum absolute atomic E-state index is 13.9. The third-order valence-corrected chi connectivity index (χ3v) is 4.57. The van der Waals surface area contributed by atoms with Gasteiger partial charge < -0.3 is 5.32 Å². The molecule has 0 aliphatic carbocycles. The number of anilines is 1. The van der Waals surface area contributed by atoms with Gasteiger partial charge in [-0.05, 0) is 48.5 Å². The average Bonchev–Trinajstić information content (AvgIpc) is 2.67. The summed E-state index contributed by atoms with van der Waals surface area (Å²) >= 11 is 5.87. The highest BCUT2D eigenvalue weighted by Crippen LogP contribution is 2.28. The second-order valence-corrected chi connectivity index (χ2v) is 6.89. The van der Waals surface area contributed by atoms with Crippen LogP contribution in [0.25, 0.3) is 0 Å². The lowest BCUT2D eigenvalue weighted by Gasteiger charge is -2.28. The fourth-order valence-electron chi connectivity index (χ4n) is 3.08. The van der Waals surface area contributed by atoms with Gasteiger partial charge in [-0.3, -0.25) is 9.69 Å². The standard InChI is InChI=1S/C22H19ClF2N2O/c1-27(14-21(28)26-20-13-17(23)9-12-19(20)25)22(15-5-3-2-4-6-15)16-7-10-18(24)11-8-16/h2-13,22H,14H2,1H3,(H,26,28). The smallest absolute Gasteiger partial charge is 0.238 e. The number of nitrogens with one attached hydrogen (secondary N) is 1. The first-order valence-corrected chi connectivity index (χ1v) is 9.07. The van der Waals surface area contributed by atoms with Crippen molar-refractivity contribution < 1.29 is 13.6 Å². The largest absolute Gasteiger partial charge is 0.322 e. The number of amides is 1. The van der Waals surface area contributed by atoms with Crippen LogP contribution in [0.2, 0.25) is 5.02 Å². The molecule has 0 heterocycles. The summed E-state index contributed by atoms with van der Waals surface area (Å²) < 4.78 is 27.2. The van der Waals surface area contributed by atoms with Gasteiger partial charge >= 0.3 is 0 Å². The van der Waals surface area contributed by atoms with Gasteiger partial charge in [-0.1, -0.05) is 54.1 Å². The van der Waals surface area contributed by atoms with Crippen LogP contribution in [-0.4, -0.2) is 24.4 Å². The van der Waals surface area contributed by atoms with Crippen LogP contribution in [0.15, 0.2) is 72.8 Å². The molecule has 0 saturated heterocycles. The number of carbonyl (C=O) groups is 1. The molecule has 0 bridgehead atoms. The molecule has 0 radical (unpaired) electrons. The summed E-state index contributed by atoms with van der Waals surface area (Å²) in [5, 5.41) is 2.88. The van der Waals surface area contributed by atoms with Gasteiger partial charge in [-0.2, -0.15) is 0 Å². The fraction of sp³-hybridized carbons (Fsp3) is 0.136. The summed E-state index contributed by atoms with van der Waals surface area (Å²) in [6, 6.07) is 19.5. The molecule has 0 spiro atoms. The summed E-state index contributed by atoms with van der Waals surface area (Å²) in [5.41, 5.74) is 1.83. The van der Waals surface area contributed by atoms with E-state index in [0.29, 0.717) is 5.02 Å². The molecule has 3 aromatic rings. The van der Waals surface area contributed by atoms with E-state index in [-0.39, 0.29) is 30.0 Å². The zero-order chi connectivity index (χ0) is 20.1. The molecule has 0 fully saturated rings. The predicted molar refractivity (Wildman–Crippen MR) is 107 cm³/mol. The first kappa shape index (κ1) is 20.0. The summed E-state index contributed by atoms with van der Waals surface area (Å²) in [7, 11) is 1.79. The number of hydrogen-bond acceptors (Lipinski definition) is 2. The molecule has 1 amide bonds. The second kappa shape index (κ2) is 8.95. The maximum Gasteiger partial charge on any atom is 0.238 e. The van der Waals surface area contributed by atoms with Crippen LogP contribution < -0.4 is 5.32 Å². The Hall–Kier alpha value is -2.76. The third kappa shape index (κ3) is 4.94. The van der Waals surface area contributed by atoms with Crippen LogP contribution in [0.5, 0.6) is 0 Å². The van der Waals surface area contributed by atoms with Crippen LogP contribution in [0.4, 0.5) is 14.5 Å². The quantitative estimate of drug-likeness (QED) is 0.610. The maximum atomic E-state index is 13.9. The van der Waals surface area contributed by atoms with Crippen molar-refractivity contribution in [3.63, 3.8) is 0 Å². The Labute approximate surface area is 167 Å². The number of rotatable bonds is 6. The Balaban J connectivity index is 1.81. The molecule has 1 N–H and O–H groups in total. The van der Waals surface area contributed by atoms with Gasteiger partial charge in [0.05, 0.1) is 18.3 Å². The molecule has 1 atom stereocenters. The highest BCUT2D eigenvalue weighted by atomic mass is 35.5. The molecule has 28 heavy (non-hydrogen) atoms. The van der Waals surface area contributed by atoms with Crippen molar-refractivity contribution in [2.24, 2.45) is 0 Å². The van der Waals surface area contributed by atoms with Crippen LogP contribution in [0, 0.1) is 11.6 Å². The normalized spacial score (nSPS) is 12.0. The minimum atomic E-state index is -0.557. The summed E-state index contributed by atoms with van der Waals surface area (Å²) in [6.45, 7) is 0.00287. The van der Waals surface area contributed by atoms with Crippen molar-refractivity contribution in [2.75, 3.05) is 18.9 Å². The van der Waals surface area contributed by atoms with Gasteiger partial charge in [0.1, 0.15) is 11.6 Å². The van der Waals surface area contributed by atoms with Crippen molar-refractivity contribution in [1.29, 1.82) is 0 Å². The SMILES string of the molecule is CN(CC(=O)Nc1cc(Cl)ccc1F)C(c1ccccc1)c1ccc(F)cc1. The second-order valence-electron chi connectivity index (χ2n) is 6.45. The monoisotopic (exact) mass is 400 g/mol. The van der Waals surface area contributed by atoms with E-state index >= 15 is 0 Å². The minimum Gasteiger partial charge on any atom is -0.322 e. The molecule has 144 valence electrons. The fourth-order valence-corrected chi connectivity index (χ4v) is 3.25. The van der Waals surface area contributed by atoms with E-state index in [2.05, 4.69) is 5.32 Å². The lowest BCUT2D eigenvalue weighted by atomic mass is 9.97. The Kier molecular flexibility index (Phi) is 6.39. The van der Waals surface area contributed by atoms with Gasteiger partial charge in [0, 0.05) is 5.02 Å². The van der Waals surface area contributed by atoms with E-state index in [4.69, 9.17) is 11.6 Å². The van der Waals surface area contributed by atoms with Crippen molar-refractivity contribution in [3.05, 3.63) is 101 Å². The van der Waals surface area contributed by atoms with E-state index in [1.54, 1.807) is 19.2 Å². The zero-order valence-corrected chi connectivity index (χ0v) is 16.0. The Morgan fingerprint density at radius 2 is 1.64 bits per heavy atom. The number of carbonyl (C=O) groups excluding carboxylic acids is 1. The zero-order valence-electron chi connectivity index (χ0n) is 15.2. The Morgan fingerprint density at radius 1 is 1.00 bits per heavy atom.